The highest BCUT2D eigenvalue weighted by Crippen LogP contribution is 2.54. The average molecular weight is 774 g/mol. The van der Waals surface area contributed by atoms with Gasteiger partial charge in [-0.15, -0.1) is 0 Å². The van der Waals surface area contributed by atoms with E-state index in [-0.39, 0.29) is 17.5 Å². The lowest BCUT2D eigenvalue weighted by molar-refractivity contribution is 0.631. The molecule has 4 heteroatoms. The second kappa shape index (κ2) is 13.4. The molecule has 8 aromatic rings. The van der Waals surface area contributed by atoms with Crippen molar-refractivity contribution in [3.8, 4) is 0 Å². The molecule has 0 radical (unpaired) electrons. The first-order valence-corrected chi connectivity index (χ1v) is 21.3. The van der Waals surface area contributed by atoms with Crippen LogP contribution in [0.2, 0.25) is 0 Å². The maximum Gasteiger partial charge on any atom is 0.247 e. The highest BCUT2D eigenvalue weighted by Gasteiger charge is 2.41. The van der Waals surface area contributed by atoms with Crippen molar-refractivity contribution in [2.24, 2.45) is 0 Å². The average Bonchev–Trinajstić information content (AvgIpc) is 3.27. The number of hydrogen-bond donors (Lipinski definition) is 0. The van der Waals surface area contributed by atoms with E-state index in [1.54, 1.807) is 0 Å². The fourth-order valence-corrected chi connectivity index (χ4v) is 10.9. The summed E-state index contributed by atoms with van der Waals surface area (Å²) >= 11 is 0. The van der Waals surface area contributed by atoms with E-state index in [4.69, 9.17) is 0 Å². The molecule has 11 rings (SSSR count). The predicted octanol–water partition coefficient (Wildman–Crippen LogP) is 12.8. The fraction of sp³-hybridized carbons (Fsp3) is 0.143. The Hall–Kier alpha value is -6.78. The van der Waals surface area contributed by atoms with Crippen molar-refractivity contribution in [1.82, 2.24) is 0 Å². The van der Waals surface area contributed by atoms with Crippen LogP contribution in [-0.2, 0) is 10.8 Å². The summed E-state index contributed by atoms with van der Waals surface area (Å²) in [6.45, 7) is 14.1. The van der Waals surface area contributed by atoms with E-state index in [2.05, 4.69) is 238 Å². The van der Waals surface area contributed by atoms with Crippen LogP contribution in [0.1, 0.15) is 61.1 Å². The van der Waals surface area contributed by atoms with Crippen LogP contribution in [0.3, 0.4) is 0 Å². The Balaban J connectivity index is 1.08. The molecule has 0 spiro atoms. The molecule has 0 saturated heterocycles. The van der Waals surface area contributed by atoms with Crippen LogP contribution < -0.4 is 31.1 Å². The van der Waals surface area contributed by atoms with Crippen LogP contribution in [0, 0.1) is 13.8 Å². The minimum absolute atomic E-state index is 0.0339. The van der Waals surface area contributed by atoms with E-state index < -0.39 is 0 Å². The molecule has 0 aromatic heterocycles. The van der Waals surface area contributed by atoms with Gasteiger partial charge in [-0.3, -0.25) is 0 Å². The van der Waals surface area contributed by atoms with Crippen molar-refractivity contribution in [3.63, 3.8) is 0 Å². The zero-order valence-electron chi connectivity index (χ0n) is 35.2. The fourth-order valence-electron chi connectivity index (χ4n) is 10.9. The van der Waals surface area contributed by atoms with Crippen LogP contribution in [0.5, 0.6) is 0 Å². The van der Waals surface area contributed by atoms with Gasteiger partial charge in [-0.2, -0.15) is 0 Å². The summed E-state index contributed by atoms with van der Waals surface area (Å²) in [6, 6.07) is 67.7. The van der Waals surface area contributed by atoms with Gasteiger partial charge in [0.1, 0.15) is 0 Å². The third kappa shape index (κ3) is 5.16. The van der Waals surface area contributed by atoms with Gasteiger partial charge in [-0.05, 0) is 113 Å². The standard InChI is InChI=1S/C56H48BN3/c1-37-34-35-47(60-50-30-15-9-24-43(50)56(5,6)44-25-10-16-31-51(44)60)38(2)54(37)57-45-26-11-17-32-52(45)59(53-33-18-12-27-46(53)57)40-21-19-20-39(36-40)58-48-28-13-7-22-41(48)55(3,4)42-23-8-14-29-49(42)58/h7-36H,1-6H3. The zero-order valence-corrected chi connectivity index (χ0v) is 35.2. The molecule has 0 unspecified atom stereocenters. The lowest BCUT2D eigenvalue weighted by Crippen LogP contribution is -2.58. The lowest BCUT2D eigenvalue weighted by Gasteiger charge is -2.43. The topological polar surface area (TPSA) is 9.72 Å². The number of fused-ring (bicyclic) bond motifs is 6. The minimum atomic E-state index is -0.121. The highest BCUT2D eigenvalue weighted by atomic mass is 15.2. The molecule has 3 aliphatic rings. The molecule has 8 aromatic carbocycles. The molecule has 0 atom stereocenters. The van der Waals surface area contributed by atoms with E-state index >= 15 is 0 Å². The maximum atomic E-state index is 2.52. The molecule has 0 fully saturated rings. The Bertz CT molecular complexity index is 2870. The van der Waals surface area contributed by atoms with Crippen LogP contribution in [-0.4, -0.2) is 6.71 Å². The molecule has 3 aliphatic heterocycles. The third-order valence-corrected chi connectivity index (χ3v) is 13.8. The summed E-state index contributed by atoms with van der Waals surface area (Å²) in [5.74, 6) is 0. The first-order valence-electron chi connectivity index (χ1n) is 21.3. The van der Waals surface area contributed by atoms with Gasteiger partial charge in [0, 0.05) is 39.3 Å². The molecule has 0 amide bonds. The van der Waals surface area contributed by atoms with E-state index in [0.717, 1.165) is 11.4 Å². The zero-order chi connectivity index (χ0) is 40.9. The first kappa shape index (κ1) is 36.3. The SMILES string of the molecule is Cc1ccc(N2c3ccccc3C(C)(C)c3ccccc32)c(C)c1B1c2ccccc2N(c2cccc(N3c4ccccc4C(C)(C)c4ccccc43)c2)c2ccccc21. The van der Waals surface area contributed by atoms with Crippen LogP contribution >= 0.6 is 0 Å². The molecule has 3 nitrogen and oxygen atoms in total. The van der Waals surface area contributed by atoms with E-state index in [1.165, 1.54) is 89.6 Å². The van der Waals surface area contributed by atoms with E-state index in [1.807, 2.05) is 0 Å². The highest BCUT2D eigenvalue weighted by molar-refractivity contribution is 6.98. The number of para-hydroxylation sites is 6. The summed E-state index contributed by atoms with van der Waals surface area (Å²) in [4.78, 5) is 7.47. The monoisotopic (exact) mass is 773 g/mol. The lowest BCUT2D eigenvalue weighted by atomic mass is 9.34. The first-order chi connectivity index (χ1) is 29.2. The number of aryl methyl sites for hydroxylation is 1. The smallest absolute Gasteiger partial charge is 0.247 e. The second-order valence-corrected chi connectivity index (χ2v) is 17.8. The quantitative estimate of drug-likeness (QED) is 0.165. The van der Waals surface area contributed by atoms with Gasteiger partial charge < -0.3 is 14.7 Å². The molecule has 0 saturated carbocycles. The Kier molecular flexibility index (Phi) is 8.09. The third-order valence-electron chi connectivity index (χ3n) is 13.8. The van der Waals surface area contributed by atoms with Gasteiger partial charge in [0.25, 0.3) is 0 Å². The van der Waals surface area contributed by atoms with Crippen LogP contribution in [0.4, 0.5) is 51.2 Å². The van der Waals surface area contributed by atoms with Crippen LogP contribution in [0.15, 0.2) is 182 Å². The minimum Gasteiger partial charge on any atom is -0.311 e. The van der Waals surface area contributed by atoms with Gasteiger partial charge in [-0.25, -0.2) is 0 Å². The van der Waals surface area contributed by atoms with Crippen molar-refractivity contribution in [2.45, 2.75) is 52.4 Å². The molecule has 0 N–H and O–H groups in total. The molecule has 3 heterocycles. The number of anilines is 9. The van der Waals surface area contributed by atoms with Gasteiger partial charge >= 0.3 is 0 Å². The van der Waals surface area contributed by atoms with Crippen molar-refractivity contribution in [1.29, 1.82) is 0 Å². The van der Waals surface area contributed by atoms with E-state index in [0.29, 0.717) is 0 Å². The Morgan fingerprint density at radius 1 is 0.350 bits per heavy atom. The van der Waals surface area contributed by atoms with Gasteiger partial charge in [0.2, 0.25) is 6.71 Å². The molecule has 290 valence electrons. The van der Waals surface area contributed by atoms with E-state index in [9.17, 15) is 0 Å². The van der Waals surface area contributed by atoms with Gasteiger partial charge in [-0.1, -0.05) is 160 Å². The summed E-state index contributed by atoms with van der Waals surface area (Å²) in [5.41, 5.74) is 22.6. The van der Waals surface area contributed by atoms with Crippen molar-refractivity contribution in [2.75, 3.05) is 14.7 Å². The van der Waals surface area contributed by atoms with Crippen molar-refractivity contribution in [3.05, 3.63) is 215 Å². The Labute approximate surface area is 355 Å². The Morgan fingerprint density at radius 2 is 0.717 bits per heavy atom. The summed E-state index contributed by atoms with van der Waals surface area (Å²) in [7, 11) is 0. The van der Waals surface area contributed by atoms with Gasteiger partial charge in [0.15, 0.2) is 0 Å². The molecule has 60 heavy (non-hydrogen) atoms. The number of rotatable bonds is 4. The molecule has 0 aliphatic carbocycles. The molecular weight excluding hydrogens is 725 g/mol. The summed E-state index contributed by atoms with van der Waals surface area (Å²) < 4.78 is 0. The van der Waals surface area contributed by atoms with Crippen molar-refractivity contribution >= 4 is 74.3 Å². The summed E-state index contributed by atoms with van der Waals surface area (Å²) in [5, 5.41) is 0. The maximum absolute atomic E-state index is 2.52. The predicted molar refractivity (Wildman–Crippen MR) is 255 cm³/mol. The molecule has 0 bridgehead atoms. The normalized spacial score (nSPS) is 15.3. The molecular formula is C56H48BN3. The largest absolute Gasteiger partial charge is 0.311 e. The number of benzene rings is 8. The van der Waals surface area contributed by atoms with Crippen molar-refractivity contribution < 1.29 is 0 Å². The van der Waals surface area contributed by atoms with Gasteiger partial charge in [0.05, 0.1) is 22.7 Å². The second-order valence-electron chi connectivity index (χ2n) is 17.8. The number of hydrogen-bond acceptors (Lipinski definition) is 3. The van der Waals surface area contributed by atoms with Crippen LogP contribution in [0.25, 0.3) is 0 Å². The summed E-state index contributed by atoms with van der Waals surface area (Å²) in [6.07, 6.45) is 0. The number of nitrogens with zero attached hydrogens (tertiary/aromatic N) is 3. The Morgan fingerprint density at radius 3 is 1.17 bits per heavy atom.